The SMILES string of the molecule is CCCCC/C=C\CCCCCCCC(=O)OCCCCCCCCCCC/C=C\C/C=C\CCCCCCCCCCCC(=O)NC(CO)C(O)/C=C/CCCCCCCCCCCCCCCC. The van der Waals surface area contributed by atoms with Crippen LogP contribution in [0.5, 0.6) is 0 Å². The van der Waals surface area contributed by atoms with Gasteiger partial charge in [-0.2, -0.15) is 0 Å². The van der Waals surface area contributed by atoms with Gasteiger partial charge in [-0.25, -0.2) is 0 Å². The Hall–Kier alpha value is -2.18. The van der Waals surface area contributed by atoms with Crippen LogP contribution in [0.15, 0.2) is 48.6 Å². The Bertz CT molecular complexity index is 1180. The second-order valence-electron chi connectivity index (χ2n) is 21.0. The first-order valence-electron chi connectivity index (χ1n) is 30.9. The molecule has 0 saturated carbocycles. The Kier molecular flexibility index (Phi) is 57.5. The Morgan fingerprint density at radius 2 is 0.714 bits per heavy atom. The van der Waals surface area contributed by atoms with Crippen LogP contribution in [-0.4, -0.2) is 47.4 Å². The molecule has 0 aliphatic rings. The lowest BCUT2D eigenvalue weighted by Gasteiger charge is -2.20. The van der Waals surface area contributed by atoms with Gasteiger partial charge in [-0.3, -0.25) is 9.59 Å². The molecule has 0 rings (SSSR count). The van der Waals surface area contributed by atoms with Crippen LogP contribution in [0.4, 0.5) is 0 Å². The van der Waals surface area contributed by atoms with Gasteiger partial charge in [0.2, 0.25) is 5.91 Å². The molecular weight excluding hydrogens is 863 g/mol. The average molecular weight is 983 g/mol. The van der Waals surface area contributed by atoms with Gasteiger partial charge in [0.05, 0.1) is 25.4 Å². The largest absolute Gasteiger partial charge is 0.466 e. The zero-order valence-corrected chi connectivity index (χ0v) is 46.7. The quantitative estimate of drug-likeness (QED) is 0.0321. The molecule has 0 aromatic heterocycles. The van der Waals surface area contributed by atoms with Crippen LogP contribution in [-0.2, 0) is 14.3 Å². The van der Waals surface area contributed by atoms with Crippen molar-refractivity contribution < 1.29 is 24.5 Å². The second-order valence-corrected chi connectivity index (χ2v) is 21.0. The van der Waals surface area contributed by atoms with E-state index in [4.69, 9.17) is 4.74 Å². The van der Waals surface area contributed by atoms with E-state index in [-0.39, 0.29) is 18.5 Å². The van der Waals surface area contributed by atoms with Crippen molar-refractivity contribution in [2.45, 2.75) is 334 Å². The summed E-state index contributed by atoms with van der Waals surface area (Å²) >= 11 is 0. The molecule has 410 valence electrons. The van der Waals surface area contributed by atoms with Crippen molar-refractivity contribution in [2.75, 3.05) is 13.2 Å². The lowest BCUT2D eigenvalue weighted by atomic mass is 10.0. The topological polar surface area (TPSA) is 95.9 Å². The number of hydrogen-bond donors (Lipinski definition) is 3. The molecule has 0 heterocycles. The number of carbonyl (C=O) groups is 2. The zero-order chi connectivity index (χ0) is 50.7. The summed E-state index contributed by atoms with van der Waals surface area (Å²) in [4.78, 5) is 24.5. The fraction of sp³-hybridized carbons (Fsp3) is 0.844. The Morgan fingerprint density at radius 1 is 0.400 bits per heavy atom. The minimum absolute atomic E-state index is 0.00195. The highest BCUT2D eigenvalue weighted by atomic mass is 16.5. The number of allylic oxidation sites excluding steroid dienone is 7. The van der Waals surface area contributed by atoms with Crippen LogP contribution < -0.4 is 5.32 Å². The molecule has 0 aliphatic carbocycles. The van der Waals surface area contributed by atoms with Crippen molar-refractivity contribution in [3.63, 3.8) is 0 Å². The molecule has 2 unspecified atom stereocenters. The molecule has 0 spiro atoms. The number of unbranched alkanes of at least 4 members (excludes halogenated alkanes) is 40. The third kappa shape index (κ3) is 55.1. The van der Waals surface area contributed by atoms with Gasteiger partial charge >= 0.3 is 5.97 Å². The highest BCUT2D eigenvalue weighted by molar-refractivity contribution is 5.76. The summed E-state index contributed by atoms with van der Waals surface area (Å²) in [5.41, 5.74) is 0. The summed E-state index contributed by atoms with van der Waals surface area (Å²) in [6.07, 6.45) is 75.8. The fourth-order valence-corrected chi connectivity index (χ4v) is 9.31. The Morgan fingerprint density at radius 3 is 1.13 bits per heavy atom. The molecule has 0 aliphatic heterocycles. The van der Waals surface area contributed by atoms with E-state index in [1.54, 1.807) is 6.08 Å². The predicted molar refractivity (Wildman–Crippen MR) is 306 cm³/mol. The average Bonchev–Trinajstić information content (AvgIpc) is 3.36. The highest BCUT2D eigenvalue weighted by Crippen LogP contribution is 2.16. The van der Waals surface area contributed by atoms with Gasteiger partial charge in [0.1, 0.15) is 0 Å². The van der Waals surface area contributed by atoms with Crippen molar-refractivity contribution in [3.8, 4) is 0 Å². The third-order valence-electron chi connectivity index (χ3n) is 14.1. The number of hydrogen-bond acceptors (Lipinski definition) is 5. The molecule has 2 atom stereocenters. The van der Waals surface area contributed by atoms with E-state index in [0.717, 1.165) is 51.4 Å². The summed E-state index contributed by atoms with van der Waals surface area (Å²) < 4.78 is 5.46. The highest BCUT2D eigenvalue weighted by Gasteiger charge is 2.18. The van der Waals surface area contributed by atoms with E-state index in [2.05, 4.69) is 55.6 Å². The molecule has 0 saturated heterocycles. The van der Waals surface area contributed by atoms with Gasteiger partial charge in [-0.1, -0.05) is 268 Å². The van der Waals surface area contributed by atoms with Gasteiger partial charge in [0.15, 0.2) is 0 Å². The van der Waals surface area contributed by atoms with Gasteiger partial charge in [0, 0.05) is 12.8 Å². The first-order valence-corrected chi connectivity index (χ1v) is 30.9. The minimum atomic E-state index is -0.849. The van der Waals surface area contributed by atoms with Crippen molar-refractivity contribution in [2.24, 2.45) is 0 Å². The summed E-state index contributed by atoms with van der Waals surface area (Å²) in [5.74, 6) is -0.0753. The van der Waals surface area contributed by atoms with Crippen LogP contribution in [0.3, 0.4) is 0 Å². The van der Waals surface area contributed by atoms with Crippen LogP contribution in [0.1, 0.15) is 322 Å². The minimum Gasteiger partial charge on any atom is -0.466 e. The van der Waals surface area contributed by atoms with E-state index in [0.29, 0.717) is 19.4 Å². The van der Waals surface area contributed by atoms with Crippen molar-refractivity contribution in [1.29, 1.82) is 0 Å². The smallest absolute Gasteiger partial charge is 0.305 e. The summed E-state index contributed by atoms with van der Waals surface area (Å²) in [5, 5.41) is 23.1. The first-order chi connectivity index (χ1) is 34.5. The summed E-state index contributed by atoms with van der Waals surface area (Å²) in [7, 11) is 0. The number of nitrogens with one attached hydrogen (secondary N) is 1. The Labute approximate surface area is 436 Å². The third-order valence-corrected chi connectivity index (χ3v) is 14.1. The van der Waals surface area contributed by atoms with Gasteiger partial charge in [0.25, 0.3) is 0 Å². The molecule has 3 N–H and O–H groups in total. The number of rotatable bonds is 57. The molecule has 0 aromatic rings. The second kappa shape index (κ2) is 59.4. The summed E-state index contributed by atoms with van der Waals surface area (Å²) in [6.45, 7) is 4.88. The normalized spacial score (nSPS) is 12.9. The zero-order valence-electron chi connectivity index (χ0n) is 46.7. The Balaban J connectivity index is 3.47. The van der Waals surface area contributed by atoms with Crippen LogP contribution in [0, 0.1) is 0 Å². The molecule has 0 aromatic carbocycles. The predicted octanol–water partition coefficient (Wildman–Crippen LogP) is 19.4. The lowest BCUT2D eigenvalue weighted by molar-refractivity contribution is -0.143. The standard InChI is InChI=1S/C64H119NO5/c1-3-5-7-9-11-13-15-17-18-30-33-36-40-44-48-52-56-62(67)61(60-66)65-63(68)57-53-49-45-41-37-34-31-28-26-24-22-20-19-21-23-25-27-29-32-35-39-43-47-51-55-59-70-64(69)58-54-50-46-42-38-16-14-12-10-8-6-4-2/h12,14,20-23,52,56,61-62,66-67H,3-11,13,15-19,24-51,53-55,57-60H2,1-2H3,(H,65,68)/b14-12-,22-20-,23-21-,56-52+. The molecule has 0 radical (unpaired) electrons. The fourth-order valence-electron chi connectivity index (χ4n) is 9.31. The number of aliphatic hydroxyl groups excluding tert-OH is 2. The van der Waals surface area contributed by atoms with Crippen molar-refractivity contribution in [3.05, 3.63) is 48.6 Å². The van der Waals surface area contributed by atoms with E-state index >= 15 is 0 Å². The lowest BCUT2D eigenvalue weighted by Crippen LogP contribution is -2.45. The molecule has 1 amide bonds. The van der Waals surface area contributed by atoms with Gasteiger partial charge in [-0.05, 0) is 89.9 Å². The number of amides is 1. The number of esters is 1. The van der Waals surface area contributed by atoms with Crippen LogP contribution in [0.2, 0.25) is 0 Å². The van der Waals surface area contributed by atoms with E-state index in [1.807, 2.05) is 6.08 Å². The molecular formula is C64H119NO5. The maximum atomic E-state index is 12.5. The molecule has 70 heavy (non-hydrogen) atoms. The van der Waals surface area contributed by atoms with E-state index < -0.39 is 12.1 Å². The van der Waals surface area contributed by atoms with E-state index in [9.17, 15) is 19.8 Å². The monoisotopic (exact) mass is 982 g/mol. The molecule has 6 heteroatoms. The maximum Gasteiger partial charge on any atom is 0.305 e. The molecule has 6 nitrogen and oxygen atoms in total. The van der Waals surface area contributed by atoms with Crippen LogP contribution >= 0.6 is 0 Å². The maximum absolute atomic E-state index is 12.5. The number of carbonyl (C=O) groups excluding carboxylic acids is 2. The summed E-state index contributed by atoms with van der Waals surface area (Å²) in [6, 6.07) is -0.633. The molecule has 0 bridgehead atoms. The number of ether oxygens (including phenoxy) is 1. The first kappa shape index (κ1) is 67.8. The van der Waals surface area contributed by atoms with Crippen molar-refractivity contribution in [1.82, 2.24) is 5.32 Å². The molecule has 0 fully saturated rings. The van der Waals surface area contributed by atoms with E-state index in [1.165, 1.54) is 244 Å². The van der Waals surface area contributed by atoms with Crippen LogP contribution in [0.25, 0.3) is 0 Å². The number of aliphatic hydroxyl groups is 2. The van der Waals surface area contributed by atoms with Crippen molar-refractivity contribution >= 4 is 11.9 Å². The van der Waals surface area contributed by atoms with Gasteiger partial charge in [-0.15, -0.1) is 0 Å². The van der Waals surface area contributed by atoms with Gasteiger partial charge < -0.3 is 20.3 Å².